The molecule has 0 radical (unpaired) electrons. The molecule has 18 heavy (non-hydrogen) atoms. The molecule has 2 aromatic heterocycles. The van der Waals surface area contributed by atoms with Gasteiger partial charge in [-0.15, -0.1) is 0 Å². The number of rotatable bonds is 4. The molecule has 5 nitrogen and oxygen atoms in total. The molecule has 2 aromatic rings. The van der Waals surface area contributed by atoms with Crippen LogP contribution in [0.4, 0.5) is 5.82 Å². The van der Waals surface area contributed by atoms with E-state index in [1.54, 1.807) is 0 Å². The van der Waals surface area contributed by atoms with E-state index in [1.165, 1.54) is 5.56 Å². The molecule has 0 aliphatic rings. The molecule has 0 unspecified atom stereocenters. The number of anilines is 1. The number of aromatic nitrogens is 4. The van der Waals surface area contributed by atoms with Crippen molar-refractivity contribution in [2.75, 3.05) is 12.4 Å². The van der Waals surface area contributed by atoms with Gasteiger partial charge < -0.3 is 5.32 Å². The predicted octanol–water partition coefficient (Wildman–Crippen LogP) is 2.27. The van der Waals surface area contributed by atoms with Crippen LogP contribution in [0.2, 0.25) is 0 Å². The highest BCUT2D eigenvalue weighted by Gasteiger charge is 2.11. The first-order chi connectivity index (χ1) is 8.69. The van der Waals surface area contributed by atoms with Gasteiger partial charge in [0.05, 0.1) is 11.8 Å². The molecule has 0 aromatic carbocycles. The van der Waals surface area contributed by atoms with Crippen LogP contribution in [0, 0.1) is 6.92 Å². The number of aryl methyl sites for hydroxylation is 2. The Labute approximate surface area is 107 Å². The lowest BCUT2D eigenvalue weighted by Crippen LogP contribution is -2.04. The van der Waals surface area contributed by atoms with Crippen molar-refractivity contribution in [3.63, 3.8) is 0 Å². The molecule has 2 heterocycles. The quantitative estimate of drug-likeness (QED) is 0.897. The highest BCUT2D eigenvalue weighted by molar-refractivity contribution is 5.58. The Bertz CT molecular complexity index is 544. The Morgan fingerprint density at radius 3 is 2.61 bits per heavy atom. The third-order valence-electron chi connectivity index (χ3n) is 3.02. The van der Waals surface area contributed by atoms with Gasteiger partial charge in [-0.3, -0.25) is 4.68 Å². The molecule has 0 aliphatic heterocycles. The molecule has 0 bridgehead atoms. The standard InChI is InChI=1S/C13H19N5/c1-5-11-9(3)16-12(17-13(11)14-4)10-7-15-18(6-2)8-10/h7-8H,5-6H2,1-4H3,(H,14,16,17). The van der Waals surface area contributed by atoms with Crippen molar-refractivity contribution >= 4 is 5.82 Å². The summed E-state index contributed by atoms with van der Waals surface area (Å²) in [5.41, 5.74) is 3.15. The first-order valence-corrected chi connectivity index (χ1v) is 6.27. The predicted molar refractivity (Wildman–Crippen MR) is 72.6 cm³/mol. The maximum absolute atomic E-state index is 4.57. The molecular formula is C13H19N5. The second kappa shape index (κ2) is 5.16. The van der Waals surface area contributed by atoms with E-state index in [9.17, 15) is 0 Å². The fraction of sp³-hybridized carbons (Fsp3) is 0.462. The lowest BCUT2D eigenvalue weighted by Gasteiger charge is -2.10. The average molecular weight is 245 g/mol. The van der Waals surface area contributed by atoms with Crippen LogP contribution in [0.25, 0.3) is 11.4 Å². The zero-order valence-corrected chi connectivity index (χ0v) is 11.4. The zero-order chi connectivity index (χ0) is 13.1. The van der Waals surface area contributed by atoms with E-state index in [0.717, 1.165) is 35.9 Å². The van der Waals surface area contributed by atoms with Crippen molar-refractivity contribution in [3.8, 4) is 11.4 Å². The van der Waals surface area contributed by atoms with Crippen LogP contribution in [0.3, 0.4) is 0 Å². The SMILES string of the molecule is CCc1c(C)nc(-c2cnn(CC)c2)nc1NC. The molecule has 0 fully saturated rings. The van der Waals surface area contributed by atoms with Crippen LogP contribution in [0.5, 0.6) is 0 Å². The van der Waals surface area contributed by atoms with Crippen molar-refractivity contribution in [1.29, 1.82) is 0 Å². The van der Waals surface area contributed by atoms with Crippen molar-refractivity contribution < 1.29 is 0 Å². The molecule has 0 amide bonds. The summed E-state index contributed by atoms with van der Waals surface area (Å²) in [5, 5.41) is 7.40. The van der Waals surface area contributed by atoms with Crippen LogP contribution in [-0.2, 0) is 13.0 Å². The Balaban J connectivity index is 2.48. The van der Waals surface area contributed by atoms with E-state index in [4.69, 9.17) is 0 Å². The lowest BCUT2D eigenvalue weighted by molar-refractivity contribution is 0.660. The van der Waals surface area contributed by atoms with Gasteiger partial charge in [-0.1, -0.05) is 6.92 Å². The highest BCUT2D eigenvalue weighted by Crippen LogP contribution is 2.22. The maximum atomic E-state index is 4.57. The summed E-state index contributed by atoms with van der Waals surface area (Å²) < 4.78 is 1.88. The molecule has 0 saturated heterocycles. The topological polar surface area (TPSA) is 55.6 Å². The normalized spacial score (nSPS) is 10.7. The fourth-order valence-electron chi connectivity index (χ4n) is 2.01. The summed E-state index contributed by atoms with van der Waals surface area (Å²) in [5.74, 6) is 1.64. The third-order valence-corrected chi connectivity index (χ3v) is 3.02. The first kappa shape index (κ1) is 12.5. The summed E-state index contributed by atoms with van der Waals surface area (Å²) in [7, 11) is 1.89. The Hall–Kier alpha value is -1.91. The van der Waals surface area contributed by atoms with E-state index in [0.29, 0.717) is 0 Å². The van der Waals surface area contributed by atoms with Crippen LogP contribution < -0.4 is 5.32 Å². The van der Waals surface area contributed by atoms with Gasteiger partial charge in [-0.25, -0.2) is 9.97 Å². The molecule has 0 atom stereocenters. The van der Waals surface area contributed by atoms with Gasteiger partial charge in [0.1, 0.15) is 5.82 Å². The van der Waals surface area contributed by atoms with Crippen molar-refractivity contribution in [3.05, 3.63) is 23.7 Å². The van der Waals surface area contributed by atoms with Crippen LogP contribution >= 0.6 is 0 Å². The molecule has 1 N–H and O–H groups in total. The molecular weight excluding hydrogens is 226 g/mol. The highest BCUT2D eigenvalue weighted by atomic mass is 15.3. The minimum absolute atomic E-state index is 0.730. The van der Waals surface area contributed by atoms with Crippen LogP contribution in [0.1, 0.15) is 25.1 Å². The fourth-order valence-corrected chi connectivity index (χ4v) is 2.01. The second-order valence-electron chi connectivity index (χ2n) is 4.15. The van der Waals surface area contributed by atoms with Gasteiger partial charge in [0.2, 0.25) is 0 Å². The minimum Gasteiger partial charge on any atom is -0.373 e. The van der Waals surface area contributed by atoms with E-state index >= 15 is 0 Å². The lowest BCUT2D eigenvalue weighted by atomic mass is 10.1. The molecule has 96 valence electrons. The summed E-state index contributed by atoms with van der Waals surface area (Å²) >= 11 is 0. The van der Waals surface area contributed by atoms with Crippen molar-refractivity contribution in [2.24, 2.45) is 0 Å². The van der Waals surface area contributed by atoms with Gasteiger partial charge in [0.15, 0.2) is 5.82 Å². The molecule has 0 spiro atoms. The van der Waals surface area contributed by atoms with Crippen molar-refractivity contribution in [2.45, 2.75) is 33.7 Å². The summed E-state index contributed by atoms with van der Waals surface area (Å²) in [6.07, 6.45) is 4.71. The number of nitrogens with zero attached hydrogens (tertiary/aromatic N) is 4. The summed E-state index contributed by atoms with van der Waals surface area (Å²) in [6, 6.07) is 0. The van der Waals surface area contributed by atoms with Gasteiger partial charge >= 0.3 is 0 Å². The Morgan fingerprint density at radius 1 is 1.28 bits per heavy atom. The maximum Gasteiger partial charge on any atom is 0.164 e. The molecule has 5 heteroatoms. The number of hydrogen-bond acceptors (Lipinski definition) is 4. The molecule has 0 saturated carbocycles. The zero-order valence-electron chi connectivity index (χ0n) is 11.4. The first-order valence-electron chi connectivity index (χ1n) is 6.27. The van der Waals surface area contributed by atoms with Crippen molar-refractivity contribution in [1.82, 2.24) is 19.7 Å². The monoisotopic (exact) mass is 245 g/mol. The van der Waals surface area contributed by atoms with Crippen LogP contribution in [0.15, 0.2) is 12.4 Å². The van der Waals surface area contributed by atoms with Gasteiger partial charge in [-0.05, 0) is 20.3 Å². The number of hydrogen-bond donors (Lipinski definition) is 1. The van der Waals surface area contributed by atoms with E-state index in [1.807, 2.05) is 31.0 Å². The van der Waals surface area contributed by atoms with E-state index < -0.39 is 0 Å². The summed E-state index contributed by atoms with van der Waals surface area (Å²) in [4.78, 5) is 9.13. The Kier molecular flexibility index (Phi) is 3.60. The third kappa shape index (κ3) is 2.20. The number of nitrogens with one attached hydrogen (secondary N) is 1. The Morgan fingerprint density at radius 2 is 2.06 bits per heavy atom. The van der Waals surface area contributed by atoms with E-state index in [-0.39, 0.29) is 0 Å². The second-order valence-corrected chi connectivity index (χ2v) is 4.15. The van der Waals surface area contributed by atoms with Gasteiger partial charge in [0, 0.05) is 31.0 Å². The average Bonchev–Trinajstić information content (AvgIpc) is 2.86. The largest absolute Gasteiger partial charge is 0.373 e. The van der Waals surface area contributed by atoms with E-state index in [2.05, 4.69) is 34.2 Å². The van der Waals surface area contributed by atoms with Gasteiger partial charge in [0.25, 0.3) is 0 Å². The summed E-state index contributed by atoms with van der Waals surface area (Å²) in [6.45, 7) is 7.05. The smallest absolute Gasteiger partial charge is 0.164 e. The van der Waals surface area contributed by atoms with Crippen LogP contribution in [-0.4, -0.2) is 26.8 Å². The molecule has 0 aliphatic carbocycles. The minimum atomic E-state index is 0.730. The molecule has 2 rings (SSSR count). The van der Waals surface area contributed by atoms with Gasteiger partial charge in [-0.2, -0.15) is 5.10 Å².